The van der Waals surface area contributed by atoms with Gasteiger partial charge in [0.15, 0.2) is 0 Å². The number of amides is 1. The lowest BCUT2D eigenvalue weighted by molar-refractivity contribution is 0.0954. The number of carbonyl (C=O) groups is 1. The van der Waals surface area contributed by atoms with Gasteiger partial charge in [0.05, 0.1) is 0 Å². The van der Waals surface area contributed by atoms with Gasteiger partial charge in [-0.2, -0.15) is 0 Å². The number of rotatable bonds is 5. The number of nitrogens with two attached hydrogens (primary N) is 1. The molecule has 0 saturated heterocycles. The Balaban J connectivity index is 1.87. The van der Waals surface area contributed by atoms with Crippen LogP contribution in [0.2, 0.25) is 0 Å². The molecule has 0 heterocycles. The van der Waals surface area contributed by atoms with Gasteiger partial charge in [0.1, 0.15) is 0 Å². The molecule has 3 heteroatoms. The maximum atomic E-state index is 12.0. The van der Waals surface area contributed by atoms with Crippen LogP contribution in [-0.2, 0) is 13.0 Å². The van der Waals surface area contributed by atoms with Crippen LogP contribution in [-0.4, -0.2) is 12.5 Å². The molecule has 0 spiro atoms. The SMILES string of the molecule is NCc1cccc(C(=O)NCCc2ccccc2)c1. The number of benzene rings is 2. The third-order valence-corrected chi connectivity index (χ3v) is 2.97. The average Bonchev–Trinajstić information content (AvgIpc) is 2.48. The van der Waals surface area contributed by atoms with Gasteiger partial charge in [-0.25, -0.2) is 0 Å². The molecule has 1 amide bonds. The van der Waals surface area contributed by atoms with Gasteiger partial charge in [-0.15, -0.1) is 0 Å². The highest BCUT2D eigenvalue weighted by Gasteiger charge is 2.05. The fourth-order valence-electron chi connectivity index (χ4n) is 1.91. The van der Waals surface area contributed by atoms with Crippen molar-refractivity contribution in [1.29, 1.82) is 0 Å². The van der Waals surface area contributed by atoms with Crippen LogP contribution in [0.15, 0.2) is 54.6 Å². The van der Waals surface area contributed by atoms with E-state index in [1.54, 1.807) is 6.07 Å². The van der Waals surface area contributed by atoms with E-state index in [2.05, 4.69) is 17.4 Å². The van der Waals surface area contributed by atoms with E-state index in [9.17, 15) is 4.79 Å². The highest BCUT2D eigenvalue weighted by molar-refractivity contribution is 5.94. The molecule has 19 heavy (non-hydrogen) atoms. The number of carbonyl (C=O) groups excluding carboxylic acids is 1. The summed E-state index contributed by atoms with van der Waals surface area (Å²) in [5.41, 5.74) is 8.42. The smallest absolute Gasteiger partial charge is 0.251 e. The molecule has 3 N–H and O–H groups in total. The molecular weight excluding hydrogens is 236 g/mol. The van der Waals surface area contributed by atoms with E-state index < -0.39 is 0 Å². The Kier molecular flexibility index (Phi) is 4.70. The largest absolute Gasteiger partial charge is 0.352 e. The molecule has 0 atom stereocenters. The van der Waals surface area contributed by atoms with Crippen molar-refractivity contribution in [2.45, 2.75) is 13.0 Å². The summed E-state index contributed by atoms with van der Waals surface area (Å²) in [5, 5.41) is 2.92. The van der Waals surface area contributed by atoms with Gasteiger partial charge in [0.25, 0.3) is 5.91 Å². The summed E-state index contributed by atoms with van der Waals surface area (Å²) in [4.78, 5) is 12.0. The average molecular weight is 254 g/mol. The lowest BCUT2D eigenvalue weighted by Crippen LogP contribution is -2.25. The molecule has 2 rings (SSSR count). The van der Waals surface area contributed by atoms with Crippen molar-refractivity contribution in [3.05, 3.63) is 71.3 Å². The summed E-state index contributed by atoms with van der Waals surface area (Å²) < 4.78 is 0. The second-order valence-corrected chi connectivity index (χ2v) is 4.40. The van der Waals surface area contributed by atoms with Gasteiger partial charge < -0.3 is 11.1 Å². The van der Waals surface area contributed by atoms with Crippen molar-refractivity contribution in [2.24, 2.45) is 5.73 Å². The summed E-state index contributed by atoms with van der Waals surface area (Å²) in [6.45, 7) is 1.08. The predicted molar refractivity (Wildman–Crippen MR) is 76.8 cm³/mol. The van der Waals surface area contributed by atoms with E-state index in [0.29, 0.717) is 18.7 Å². The quantitative estimate of drug-likeness (QED) is 0.858. The summed E-state index contributed by atoms with van der Waals surface area (Å²) in [6.07, 6.45) is 0.836. The third-order valence-electron chi connectivity index (χ3n) is 2.97. The number of hydrogen-bond acceptors (Lipinski definition) is 2. The van der Waals surface area contributed by atoms with E-state index in [4.69, 9.17) is 5.73 Å². The monoisotopic (exact) mass is 254 g/mol. The summed E-state index contributed by atoms with van der Waals surface area (Å²) in [7, 11) is 0. The van der Waals surface area contributed by atoms with Crippen LogP contribution in [0.1, 0.15) is 21.5 Å². The first-order valence-corrected chi connectivity index (χ1v) is 6.41. The maximum absolute atomic E-state index is 12.0. The van der Waals surface area contributed by atoms with Gasteiger partial charge in [0.2, 0.25) is 0 Å². The molecule has 0 radical (unpaired) electrons. The molecule has 3 nitrogen and oxygen atoms in total. The molecule has 0 bridgehead atoms. The molecule has 0 aliphatic rings. The highest BCUT2D eigenvalue weighted by atomic mass is 16.1. The van der Waals surface area contributed by atoms with Crippen LogP contribution < -0.4 is 11.1 Å². The van der Waals surface area contributed by atoms with E-state index in [1.165, 1.54) is 5.56 Å². The van der Waals surface area contributed by atoms with Gasteiger partial charge in [-0.1, -0.05) is 42.5 Å². The zero-order chi connectivity index (χ0) is 13.5. The van der Waals surface area contributed by atoms with Gasteiger partial charge in [-0.3, -0.25) is 4.79 Å². The minimum atomic E-state index is -0.0498. The van der Waals surface area contributed by atoms with Gasteiger partial charge in [-0.05, 0) is 29.7 Å². The van der Waals surface area contributed by atoms with Crippen molar-refractivity contribution in [1.82, 2.24) is 5.32 Å². The molecule has 98 valence electrons. The minimum Gasteiger partial charge on any atom is -0.352 e. The van der Waals surface area contributed by atoms with Crippen molar-refractivity contribution in [3.8, 4) is 0 Å². The van der Waals surface area contributed by atoms with E-state index >= 15 is 0 Å². The Morgan fingerprint density at radius 2 is 1.74 bits per heavy atom. The van der Waals surface area contributed by atoms with Crippen LogP contribution in [0.3, 0.4) is 0 Å². The zero-order valence-corrected chi connectivity index (χ0v) is 10.8. The van der Waals surface area contributed by atoms with E-state index in [0.717, 1.165) is 12.0 Å². The first-order valence-electron chi connectivity index (χ1n) is 6.41. The molecule has 0 aliphatic heterocycles. The van der Waals surface area contributed by atoms with Crippen LogP contribution in [0, 0.1) is 0 Å². The minimum absolute atomic E-state index is 0.0498. The molecular formula is C16H18N2O. The Morgan fingerprint density at radius 1 is 1.00 bits per heavy atom. The normalized spacial score (nSPS) is 10.2. The Hall–Kier alpha value is -2.13. The van der Waals surface area contributed by atoms with Crippen molar-refractivity contribution in [2.75, 3.05) is 6.54 Å². The van der Waals surface area contributed by atoms with Crippen LogP contribution in [0.25, 0.3) is 0 Å². The lowest BCUT2D eigenvalue weighted by atomic mass is 10.1. The molecule has 2 aromatic carbocycles. The molecule has 0 aromatic heterocycles. The standard InChI is InChI=1S/C16H18N2O/c17-12-14-7-4-8-15(11-14)16(19)18-10-9-13-5-2-1-3-6-13/h1-8,11H,9-10,12,17H2,(H,18,19). The van der Waals surface area contributed by atoms with Crippen molar-refractivity contribution < 1.29 is 4.79 Å². The summed E-state index contributed by atoms with van der Waals surface area (Å²) in [6, 6.07) is 17.5. The molecule has 0 unspecified atom stereocenters. The Labute approximate surface area is 113 Å². The zero-order valence-electron chi connectivity index (χ0n) is 10.8. The van der Waals surface area contributed by atoms with Gasteiger partial charge in [0, 0.05) is 18.7 Å². The first kappa shape index (κ1) is 13.3. The van der Waals surface area contributed by atoms with E-state index in [-0.39, 0.29) is 5.91 Å². The predicted octanol–water partition coefficient (Wildman–Crippen LogP) is 2.12. The third kappa shape index (κ3) is 3.93. The van der Waals surface area contributed by atoms with Crippen LogP contribution in [0.5, 0.6) is 0 Å². The van der Waals surface area contributed by atoms with Crippen molar-refractivity contribution >= 4 is 5.91 Å². The molecule has 2 aromatic rings. The second kappa shape index (κ2) is 6.71. The fraction of sp³-hybridized carbons (Fsp3) is 0.188. The Bertz CT molecular complexity index is 537. The molecule has 0 fully saturated rings. The van der Waals surface area contributed by atoms with Crippen LogP contribution in [0.4, 0.5) is 0 Å². The van der Waals surface area contributed by atoms with Crippen molar-refractivity contribution in [3.63, 3.8) is 0 Å². The second-order valence-electron chi connectivity index (χ2n) is 4.40. The summed E-state index contributed by atoms with van der Waals surface area (Å²) >= 11 is 0. The van der Waals surface area contributed by atoms with Crippen LogP contribution >= 0.6 is 0 Å². The number of nitrogens with one attached hydrogen (secondary N) is 1. The topological polar surface area (TPSA) is 55.1 Å². The maximum Gasteiger partial charge on any atom is 0.251 e. The van der Waals surface area contributed by atoms with Gasteiger partial charge >= 0.3 is 0 Å². The highest BCUT2D eigenvalue weighted by Crippen LogP contribution is 2.04. The summed E-state index contributed by atoms with van der Waals surface area (Å²) in [5.74, 6) is -0.0498. The number of hydrogen-bond donors (Lipinski definition) is 2. The first-order chi connectivity index (χ1) is 9.29. The lowest BCUT2D eigenvalue weighted by Gasteiger charge is -2.06. The Morgan fingerprint density at radius 3 is 2.47 bits per heavy atom. The van der Waals surface area contributed by atoms with E-state index in [1.807, 2.05) is 36.4 Å². The molecule has 0 aliphatic carbocycles. The fourth-order valence-corrected chi connectivity index (χ4v) is 1.91. The molecule has 0 saturated carbocycles.